The molecule has 1 aliphatic heterocycles. The number of aliphatic imine (C=N–C) groups is 1. The van der Waals surface area contributed by atoms with Crippen molar-refractivity contribution in [2.24, 2.45) is 4.99 Å². The van der Waals surface area contributed by atoms with Gasteiger partial charge >= 0.3 is 5.97 Å². The summed E-state index contributed by atoms with van der Waals surface area (Å²) in [5, 5.41) is 21.6. The van der Waals surface area contributed by atoms with Gasteiger partial charge in [-0.15, -0.1) is 6.58 Å². The van der Waals surface area contributed by atoms with Crippen LogP contribution in [0.4, 0.5) is 5.69 Å². The highest BCUT2D eigenvalue weighted by atomic mass is 32.2. The molecular weight excluding hydrogens is 412 g/mol. The zero-order valence-electron chi connectivity index (χ0n) is 16.4. The zero-order valence-corrected chi connectivity index (χ0v) is 17.2. The van der Waals surface area contributed by atoms with E-state index in [0.717, 1.165) is 16.3 Å². The van der Waals surface area contributed by atoms with Crippen LogP contribution in [-0.4, -0.2) is 38.7 Å². The van der Waals surface area contributed by atoms with Crippen molar-refractivity contribution in [1.82, 2.24) is 4.90 Å². The van der Waals surface area contributed by atoms with Crippen molar-refractivity contribution >= 4 is 51.3 Å². The molecular formula is C24H18N2O4S. The van der Waals surface area contributed by atoms with Crippen LogP contribution in [0.15, 0.2) is 83.2 Å². The van der Waals surface area contributed by atoms with Crippen molar-refractivity contribution in [3.63, 3.8) is 0 Å². The number of nitrogens with zero attached hydrogens (tertiary/aromatic N) is 2. The first-order chi connectivity index (χ1) is 15.0. The van der Waals surface area contributed by atoms with E-state index < -0.39 is 5.97 Å². The second kappa shape index (κ2) is 8.49. The number of aromatic carboxylic acids is 1. The molecule has 3 aromatic carbocycles. The van der Waals surface area contributed by atoms with E-state index in [1.54, 1.807) is 6.08 Å². The molecule has 0 radical (unpaired) electrons. The van der Waals surface area contributed by atoms with Crippen molar-refractivity contribution in [1.29, 1.82) is 0 Å². The van der Waals surface area contributed by atoms with Gasteiger partial charge in [-0.3, -0.25) is 9.69 Å². The van der Waals surface area contributed by atoms with Crippen LogP contribution in [0.25, 0.3) is 16.8 Å². The normalized spacial score (nSPS) is 16.4. The maximum Gasteiger partial charge on any atom is 0.339 e. The van der Waals surface area contributed by atoms with E-state index in [0.29, 0.717) is 15.8 Å². The van der Waals surface area contributed by atoms with Gasteiger partial charge in [-0.25, -0.2) is 9.79 Å². The van der Waals surface area contributed by atoms with Gasteiger partial charge in [0.15, 0.2) is 5.17 Å². The van der Waals surface area contributed by atoms with Gasteiger partial charge in [-0.2, -0.15) is 0 Å². The summed E-state index contributed by atoms with van der Waals surface area (Å²) in [5.74, 6) is -1.80. The molecule has 6 nitrogen and oxygen atoms in total. The monoisotopic (exact) mass is 430 g/mol. The second-order valence-electron chi connectivity index (χ2n) is 6.78. The van der Waals surface area contributed by atoms with Gasteiger partial charge in [-0.05, 0) is 46.3 Å². The lowest BCUT2D eigenvalue weighted by Gasteiger charge is -2.12. The summed E-state index contributed by atoms with van der Waals surface area (Å²) in [7, 11) is 0. The summed E-state index contributed by atoms with van der Waals surface area (Å²) < 4.78 is 0. The molecule has 0 saturated carbocycles. The number of carboxylic acid groups (broad SMARTS) is 1. The Morgan fingerprint density at radius 1 is 1.13 bits per heavy atom. The number of hydrogen-bond acceptors (Lipinski definition) is 5. The summed E-state index contributed by atoms with van der Waals surface area (Å²) >= 11 is 1.22. The van der Waals surface area contributed by atoms with Gasteiger partial charge in [0, 0.05) is 12.6 Å². The molecule has 1 aliphatic rings. The lowest BCUT2D eigenvalue weighted by atomic mass is 10.0. The third-order valence-electron chi connectivity index (χ3n) is 4.75. The first kappa shape index (κ1) is 20.4. The molecule has 0 bridgehead atoms. The molecule has 2 N–H and O–H groups in total. The van der Waals surface area contributed by atoms with E-state index in [4.69, 9.17) is 5.11 Å². The third kappa shape index (κ3) is 4.08. The minimum absolute atomic E-state index is 0.192. The van der Waals surface area contributed by atoms with Gasteiger partial charge in [0.25, 0.3) is 5.91 Å². The molecule has 0 atom stereocenters. The minimum Gasteiger partial charge on any atom is -0.507 e. The Hall–Kier alpha value is -3.84. The van der Waals surface area contributed by atoms with E-state index in [1.165, 1.54) is 34.9 Å². The molecule has 0 unspecified atom stereocenters. The van der Waals surface area contributed by atoms with E-state index in [2.05, 4.69) is 11.6 Å². The predicted octanol–water partition coefficient (Wildman–Crippen LogP) is 5.03. The third-order valence-corrected chi connectivity index (χ3v) is 5.75. The maximum absolute atomic E-state index is 13.0. The number of thioether (sulfide) groups is 1. The Kier molecular flexibility index (Phi) is 5.60. The number of hydrogen-bond donors (Lipinski definition) is 2. The number of rotatable bonds is 5. The molecule has 1 saturated heterocycles. The zero-order chi connectivity index (χ0) is 22.0. The lowest BCUT2D eigenvalue weighted by Crippen LogP contribution is -2.29. The Bertz CT molecular complexity index is 1270. The predicted molar refractivity (Wildman–Crippen MR) is 124 cm³/mol. The Labute approximate surface area is 182 Å². The molecule has 0 aliphatic carbocycles. The summed E-state index contributed by atoms with van der Waals surface area (Å²) in [6, 6.07) is 17.9. The van der Waals surface area contributed by atoms with Crippen LogP contribution >= 0.6 is 11.8 Å². The molecule has 1 fully saturated rings. The molecule has 4 rings (SSSR count). The molecule has 0 spiro atoms. The molecule has 3 aromatic rings. The highest BCUT2D eigenvalue weighted by molar-refractivity contribution is 8.18. The fraction of sp³-hybridized carbons (Fsp3) is 0.0417. The number of fused-ring (bicyclic) bond motifs is 1. The van der Waals surface area contributed by atoms with Crippen LogP contribution in [0.3, 0.4) is 0 Å². The van der Waals surface area contributed by atoms with Crippen molar-refractivity contribution in [2.75, 3.05) is 6.54 Å². The standard InChI is InChI=1S/C24H18N2O4S/c1-2-12-26-22(28)21(13-16-8-5-7-15-6-3-4-9-18(15)16)31-24(26)25-17-10-11-19(23(29)30)20(27)14-17/h2-11,13-14,27H,1,12H2,(H,29,30)/b21-13-,25-24?. The molecule has 154 valence electrons. The molecule has 1 amide bonds. The van der Waals surface area contributed by atoms with Crippen LogP contribution in [0, 0.1) is 0 Å². The van der Waals surface area contributed by atoms with Gasteiger partial charge < -0.3 is 10.2 Å². The average Bonchev–Trinajstić information content (AvgIpc) is 3.03. The van der Waals surface area contributed by atoms with Crippen molar-refractivity contribution in [2.45, 2.75) is 0 Å². The van der Waals surface area contributed by atoms with Crippen LogP contribution in [0.1, 0.15) is 15.9 Å². The number of phenols is 1. The number of carbonyl (C=O) groups excluding carboxylic acids is 1. The largest absolute Gasteiger partial charge is 0.507 e. The number of carbonyl (C=O) groups is 2. The average molecular weight is 430 g/mol. The van der Waals surface area contributed by atoms with Crippen LogP contribution in [0.2, 0.25) is 0 Å². The van der Waals surface area contributed by atoms with Gasteiger partial charge in [-0.1, -0.05) is 48.5 Å². The number of amidine groups is 1. The first-order valence-corrected chi connectivity index (χ1v) is 10.2. The minimum atomic E-state index is -1.23. The van der Waals surface area contributed by atoms with Crippen LogP contribution in [0.5, 0.6) is 5.75 Å². The van der Waals surface area contributed by atoms with E-state index in [1.807, 2.05) is 48.5 Å². The van der Waals surface area contributed by atoms with Gasteiger partial charge in [0.1, 0.15) is 11.3 Å². The number of aromatic hydroxyl groups is 1. The molecule has 1 heterocycles. The van der Waals surface area contributed by atoms with E-state index in [9.17, 15) is 14.7 Å². The molecule has 31 heavy (non-hydrogen) atoms. The van der Waals surface area contributed by atoms with Gasteiger partial charge in [0.05, 0.1) is 10.6 Å². The second-order valence-corrected chi connectivity index (χ2v) is 7.79. The first-order valence-electron chi connectivity index (χ1n) is 9.43. The summed E-state index contributed by atoms with van der Waals surface area (Å²) in [4.78, 5) is 30.6. The van der Waals surface area contributed by atoms with E-state index >= 15 is 0 Å². The fourth-order valence-electron chi connectivity index (χ4n) is 3.28. The summed E-state index contributed by atoms with van der Waals surface area (Å²) in [6.45, 7) is 3.99. The van der Waals surface area contributed by atoms with Gasteiger partial charge in [0.2, 0.25) is 0 Å². The Morgan fingerprint density at radius 2 is 1.90 bits per heavy atom. The van der Waals surface area contributed by atoms with Crippen molar-refractivity contribution in [3.8, 4) is 5.75 Å². The molecule has 7 heteroatoms. The highest BCUT2D eigenvalue weighted by Gasteiger charge is 2.32. The van der Waals surface area contributed by atoms with Crippen LogP contribution in [-0.2, 0) is 4.79 Å². The van der Waals surface area contributed by atoms with Crippen LogP contribution < -0.4 is 0 Å². The summed E-state index contributed by atoms with van der Waals surface area (Å²) in [6.07, 6.45) is 3.46. The lowest BCUT2D eigenvalue weighted by molar-refractivity contribution is -0.121. The van der Waals surface area contributed by atoms with E-state index in [-0.39, 0.29) is 23.8 Å². The Balaban J connectivity index is 1.73. The smallest absolute Gasteiger partial charge is 0.339 e. The highest BCUT2D eigenvalue weighted by Crippen LogP contribution is 2.36. The van der Waals surface area contributed by atoms with Crippen molar-refractivity contribution < 1.29 is 19.8 Å². The number of amides is 1. The topological polar surface area (TPSA) is 90.2 Å². The maximum atomic E-state index is 13.0. The number of carboxylic acids is 1. The number of benzene rings is 3. The quantitative estimate of drug-likeness (QED) is 0.437. The fourth-order valence-corrected chi connectivity index (χ4v) is 4.28. The molecule has 0 aromatic heterocycles. The SMILES string of the molecule is C=CCN1C(=O)/C(=C/c2cccc3ccccc23)SC1=Nc1ccc(C(=O)O)c(O)c1. The Morgan fingerprint density at radius 3 is 2.65 bits per heavy atom. The van der Waals surface area contributed by atoms with Crippen molar-refractivity contribution in [3.05, 3.63) is 89.4 Å². The summed E-state index contributed by atoms with van der Waals surface area (Å²) in [5.41, 5.74) is 1.06.